The van der Waals surface area contributed by atoms with Gasteiger partial charge in [-0.25, -0.2) is 4.79 Å². The molecule has 0 N–H and O–H groups in total. The largest absolute Gasteiger partial charge is 0.365 e. The first-order valence-corrected chi connectivity index (χ1v) is 7.05. The molecule has 0 spiro atoms. The number of nitrogens with zero attached hydrogens (tertiary/aromatic N) is 1. The summed E-state index contributed by atoms with van der Waals surface area (Å²) in [5.41, 5.74) is 2.11. The second-order valence-corrected chi connectivity index (χ2v) is 4.95. The van der Waals surface area contributed by atoms with E-state index in [2.05, 4.69) is 5.16 Å². The second kappa shape index (κ2) is 6.22. The minimum absolute atomic E-state index is 0.458. The van der Waals surface area contributed by atoms with Gasteiger partial charge in [-0.3, -0.25) is 0 Å². The summed E-state index contributed by atoms with van der Waals surface area (Å²) in [6.45, 7) is 1.83. The molecule has 3 aromatic carbocycles. The van der Waals surface area contributed by atoms with E-state index in [0.717, 1.165) is 16.3 Å². The summed E-state index contributed by atoms with van der Waals surface area (Å²) < 4.78 is 0. The van der Waals surface area contributed by atoms with Crippen molar-refractivity contribution in [1.29, 1.82) is 0 Å². The summed E-state index contributed by atoms with van der Waals surface area (Å²) in [7, 11) is 0. The number of hydrogen-bond acceptors (Lipinski definition) is 3. The highest BCUT2D eigenvalue weighted by molar-refractivity contribution is 6.09. The predicted octanol–water partition coefficient (Wildman–Crippen LogP) is 4.42. The number of fused-ring (bicyclic) bond motifs is 1. The molecule has 0 saturated carbocycles. The molecule has 0 fully saturated rings. The third-order valence-corrected chi connectivity index (χ3v) is 3.45. The number of benzene rings is 3. The number of hydrogen-bond donors (Lipinski definition) is 0. The molecule has 0 aliphatic heterocycles. The van der Waals surface area contributed by atoms with Crippen molar-refractivity contribution in [3.63, 3.8) is 0 Å². The summed E-state index contributed by atoms with van der Waals surface area (Å²) >= 11 is 0. The average Bonchev–Trinajstić information content (AvgIpc) is 2.59. The van der Waals surface area contributed by atoms with Crippen molar-refractivity contribution in [3.05, 3.63) is 83.9 Å². The number of carbonyl (C=O) groups excluding carboxylic acids is 1. The van der Waals surface area contributed by atoms with E-state index in [9.17, 15) is 4.79 Å². The van der Waals surface area contributed by atoms with E-state index in [1.807, 2.05) is 55.5 Å². The Hall–Kier alpha value is -2.94. The molecule has 0 atom stereocenters. The van der Waals surface area contributed by atoms with Gasteiger partial charge in [0, 0.05) is 5.56 Å². The summed E-state index contributed by atoms with van der Waals surface area (Å²) in [4.78, 5) is 17.0. The molecule has 0 aliphatic carbocycles. The first kappa shape index (κ1) is 14.0. The van der Waals surface area contributed by atoms with Crippen LogP contribution in [0.1, 0.15) is 22.8 Å². The molecule has 0 radical (unpaired) electrons. The zero-order valence-electron chi connectivity index (χ0n) is 12.2. The van der Waals surface area contributed by atoms with E-state index in [1.54, 1.807) is 24.3 Å². The molecule has 0 heterocycles. The fourth-order valence-electron chi connectivity index (χ4n) is 2.33. The summed E-state index contributed by atoms with van der Waals surface area (Å²) in [5, 5.41) is 6.20. The lowest BCUT2D eigenvalue weighted by molar-refractivity contribution is 0.0516. The van der Waals surface area contributed by atoms with Crippen molar-refractivity contribution in [2.24, 2.45) is 5.16 Å². The number of carbonyl (C=O) groups is 1. The summed E-state index contributed by atoms with van der Waals surface area (Å²) in [6, 6.07) is 22.9. The van der Waals surface area contributed by atoms with Gasteiger partial charge in [-0.05, 0) is 29.8 Å². The first-order chi connectivity index (χ1) is 10.8. The molecule has 22 heavy (non-hydrogen) atoms. The van der Waals surface area contributed by atoms with Crippen LogP contribution in [0.25, 0.3) is 10.8 Å². The highest BCUT2D eigenvalue weighted by atomic mass is 16.7. The van der Waals surface area contributed by atoms with Crippen molar-refractivity contribution in [3.8, 4) is 0 Å². The maximum Gasteiger partial charge on any atom is 0.365 e. The topological polar surface area (TPSA) is 38.7 Å². The molecule has 3 rings (SSSR count). The quantitative estimate of drug-likeness (QED) is 0.406. The minimum atomic E-state index is -0.458. The molecule has 0 aromatic heterocycles. The van der Waals surface area contributed by atoms with Crippen molar-refractivity contribution < 1.29 is 9.63 Å². The van der Waals surface area contributed by atoms with Gasteiger partial charge >= 0.3 is 5.97 Å². The fourth-order valence-corrected chi connectivity index (χ4v) is 2.33. The molecule has 3 heteroatoms. The molecule has 0 amide bonds. The Morgan fingerprint density at radius 1 is 0.864 bits per heavy atom. The second-order valence-electron chi connectivity index (χ2n) is 4.95. The van der Waals surface area contributed by atoms with Gasteiger partial charge in [0.2, 0.25) is 0 Å². The molecule has 3 aromatic rings. The van der Waals surface area contributed by atoms with Gasteiger partial charge in [0.15, 0.2) is 0 Å². The van der Waals surface area contributed by atoms with Crippen LogP contribution in [0.15, 0.2) is 78.0 Å². The monoisotopic (exact) mass is 289 g/mol. The Balaban J connectivity index is 1.86. The highest BCUT2D eigenvalue weighted by Gasteiger charge is 2.08. The minimum Gasteiger partial charge on any atom is -0.313 e. The van der Waals surface area contributed by atoms with E-state index < -0.39 is 5.97 Å². The SMILES string of the molecule is C/C(=N\OC(=O)c1ccccc1)c1cccc2ccccc12. The standard InChI is InChI=1S/C19H15NO2/c1-14(20-22-19(21)16-9-3-2-4-10-16)17-13-7-11-15-8-5-6-12-18(15)17/h2-13H,1H3/b20-14+. The lowest BCUT2D eigenvalue weighted by atomic mass is 10.0. The smallest absolute Gasteiger partial charge is 0.313 e. The van der Waals surface area contributed by atoms with E-state index in [4.69, 9.17) is 4.84 Å². The number of rotatable bonds is 3. The molecule has 3 nitrogen and oxygen atoms in total. The third kappa shape index (κ3) is 2.88. The lowest BCUT2D eigenvalue weighted by Crippen LogP contribution is -2.04. The van der Waals surface area contributed by atoms with Gasteiger partial charge in [-0.15, -0.1) is 0 Å². The molecular formula is C19H15NO2. The Morgan fingerprint density at radius 3 is 2.36 bits per heavy atom. The Bertz CT molecular complexity index is 833. The summed E-state index contributed by atoms with van der Waals surface area (Å²) in [6.07, 6.45) is 0. The van der Waals surface area contributed by atoms with Crippen LogP contribution < -0.4 is 0 Å². The van der Waals surface area contributed by atoms with Crippen molar-refractivity contribution >= 4 is 22.5 Å². The molecule has 0 bridgehead atoms. The van der Waals surface area contributed by atoms with Crippen molar-refractivity contribution in [2.45, 2.75) is 6.92 Å². The van der Waals surface area contributed by atoms with Gasteiger partial charge in [-0.2, -0.15) is 0 Å². The van der Waals surface area contributed by atoms with Gasteiger partial charge in [0.1, 0.15) is 0 Å². The lowest BCUT2D eigenvalue weighted by Gasteiger charge is -2.05. The third-order valence-electron chi connectivity index (χ3n) is 3.45. The van der Waals surface area contributed by atoms with Crippen LogP contribution in [0.5, 0.6) is 0 Å². The van der Waals surface area contributed by atoms with Gasteiger partial charge in [0.05, 0.1) is 11.3 Å². The molecule has 0 unspecified atom stereocenters. The van der Waals surface area contributed by atoms with Crippen LogP contribution in [-0.2, 0) is 4.84 Å². The van der Waals surface area contributed by atoms with E-state index in [1.165, 1.54) is 0 Å². The van der Waals surface area contributed by atoms with Crippen LogP contribution in [0.4, 0.5) is 0 Å². The van der Waals surface area contributed by atoms with E-state index >= 15 is 0 Å². The van der Waals surface area contributed by atoms with Crippen molar-refractivity contribution in [1.82, 2.24) is 0 Å². The zero-order valence-corrected chi connectivity index (χ0v) is 12.2. The van der Waals surface area contributed by atoms with E-state index in [-0.39, 0.29) is 0 Å². The predicted molar refractivity (Wildman–Crippen MR) is 88.0 cm³/mol. The molecule has 108 valence electrons. The van der Waals surface area contributed by atoms with Gasteiger partial charge in [-0.1, -0.05) is 65.8 Å². The first-order valence-electron chi connectivity index (χ1n) is 7.05. The zero-order chi connectivity index (χ0) is 15.4. The average molecular weight is 289 g/mol. The Morgan fingerprint density at radius 2 is 1.55 bits per heavy atom. The summed E-state index contributed by atoms with van der Waals surface area (Å²) in [5.74, 6) is -0.458. The Kier molecular flexibility index (Phi) is 3.97. The maximum absolute atomic E-state index is 11.9. The Labute approximate surface area is 128 Å². The normalized spacial score (nSPS) is 11.4. The maximum atomic E-state index is 11.9. The number of oxime groups is 1. The van der Waals surface area contributed by atoms with Gasteiger partial charge < -0.3 is 4.84 Å². The molecule has 0 saturated heterocycles. The fraction of sp³-hybridized carbons (Fsp3) is 0.0526. The van der Waals surface area contributed by atoms with Crippen LogP contribution >= 0.6 is 0 Å². The van der Waals surface area contributed by atoms with Crippen LogP contribution in [0.3, 0.4) is 0 Å². The highest BCUT2D eigenvalue weighted by Crippen LogP contribution is 2.19. The van der Waals surface area contributed by atoms with E-state index in [0.29, 0.717) is 11.3 Å². The van der Waals surface area contributed by atoms with Crippen molar-refractivity contribution in [2.75, 3.05) is 0 Å². The van der Waals surface area contributed by atoms with Gasteiger partial charge in [0.25, 0.3) is 0 Å². The van der Waals surface area contributed by atoms with Crippen LogP contribution in [-0.4, -0.2) is 11.7 Å². The van der Waals surface area contributed by atoms with Crippen LogP contribution in [0.2, 0.25) is 0 Å². The molecule has 0 aliphatic rings. The molecular weight excluding hydrogens is 274 g/mol. The van der Waals surface area contributed by atoms with Crippen LogP contribution in [0, 0.1) is 0 Å².